The van der Waals surface area contributed by atoms with E-state index in [0.717, 1.165) is 18.7 Å². The summed E-state index contributed by atoms with van der Waals surface area (Å²) in [6, 6.07) is 13.2. The summed E-state index contributed by atoms with van der Waals surface area (Å²) in [4.78, 5) is 14.1. The largest absolute Gasteiger partial charge is 0.548 e. The maximum atomic E-state index is 11.9. The number of hydrogen-bond donors (Lipinski definition) is 1. The van der Waals surface area contributed by atoms with Gasteiger partial charge < -0.3 is 20.0 Å². The van der Waals surface area contributed by atoms with E-state index in [2.05, 4.69) is 24.1 Å². The molecule has 2 aromatic carbocycles. The van der Waals surface area contributed by atoms with Gasteiger partial charge in [-0.05, 0) is 67.5 Å². The molecule has 28 heavy (non-hydrogen) atoms. The molecule has 0 heterocycles. The van der Waals surface area contributed by atoms with Crippen molar-refractivity contribution >= 4 is 11.7 Å². The smallest absolute Gasteiger partial charge is 0.119 e. The van der Waals surface area contributed by atoms with Crippen molar-refractivity contribution in [3.8, 4) is 11.8 Å². The Morgan fingerprint density at radius 3 is 2.39 bits per heavy atom. The highest BCUT2D eigenvalue weighted by molar-refractivity contribution is 5.78. The summed E-state index contributed by atoms with van der Waals surface area (Å²) in [6.07, 6.45) is 0. The van der Waals surface area contributed by atoms with E-state index in [1.807, 2.05) is 25.1 Å². The quantitative estimate of drug-likeness (QED) is 0.682. The van der Waals surface area contributed by atoms with Gasteiger partial charge >= 0.3 is 0 Å². The van der Waals surface area contributed by atoms with Gasteiger partial charge in [0, 0.05) is 12.2 Å². The first-order valence-electron chi connectivity index (χ1n) is 9.47. The number of hydrogen-bond acceptors (Lipinski definition) is 6. The first kappa shape index (κ1) is 21.3. The third kappa shape index (κ3) is 5.73. The van der Waals surface area contributed by atoms with E-state index in [4.69, 9.17) is 10.00 Å². The van der Waals surface area contributed by atoms with E-state index in [9.17, 15) is 9.90 Å². The average molecular weight is 380 g/mol. The Morgan fingerprint density at radius 1 is 1.18 bits per heavy atom. The van der Waals surface area contributed by atoms with E-state index in [-0.39, 0.29) is 0 Å². The summed E-state index contributed by atoms with van der Waals surface area (Å²) in [5.41, 5.74) is 2.66. The highest BCUT2D eigenvalue weighted by atomic mass is 16.5. The van der Waals surface area contributed by atoms with E-state index < -0.39 is 12.0 Å². The van der Waals surface area contributed by atoms with Crippen molar-refractivity contribution < 1.29 is 14.6 Å². The van der Waals surface area contributed by atoms with Crippen LogP contribution in [0.25, 0.3) is 0 Å². The predicted octanol–water partition coefficient (Wildman–Crippen LogP) is 2.70. The zero-order valence-electron chi connectivity index (χ0n) is 16.6. The molecule has 0 aliphatic rings. The van der Waals surface area contributed by atoms with Crippen LogP contribution in [0.5, 0.6) is 5.75 Å². The first-order chi connectivity index (χ1) is 13.5. The van der Waals surface area contributed by atoms with Crippen molar-refractivity contribution in [3.63, 3.8) is 0 Å². The molecule has 1 atom stereocenters. The van der Waals surface area contributed by atoms with Crippen LogP contribution >= 0.6 is 0 Å². The highest BCUT2D eigenvalue weighted by Crippen LogP contribution is 2.26. The van der Waals surface area contributed by atoms with Crippen LogP contribution in [0.2, 0.25) is 0 Å². The van der Waals surface area contributed by atoms with Crippen LogP contribution in [-0.2, 0) is 11.3 Å². The molecule has 0 aliphatic heterocycles. The van der Waals surface area contributed by atoms with Gasteiger partial charge in [0.1, 0.15) is 5.75 Å². The van der Waals surface area contributed by atoms with Crippen molar-refractivity contribution in [3.05, 3.63) is 59.2 Å². The SMILES string of the molecule is CCOc1cc(CN(CC)CC)cc(C(Nc2ccc(C#N)cc2)C(=O)[O-])c1. The maximum absolute atomic E-state index is 11.9. The molecule has 2 rings (SSSR count). The minimum Gasteiger partial charge on any atom is -0.548 e. The van der Waals surface area contributed by atoms with Crippen LogP contribution in [-0.4, -0.2) is 30.6 Å². The number of anilines is 1. The summed E-state index contributed by atoms with van der Waals surface area (Å²) in [7, 11) is 0. The Balaban J connectivity index is 2.36. The highest BCUT2D eigenvalue weighted by Gasteiger charge is 2.16. The molecule has 0 aliphatic carbocycles. The lowest BCUT2D eigenvalue weighted by molar-refractivity contribution is -0.307. The molecule has 2 aromatic rings. The monoisotopic (exact) mass is 380 g/mol. The lowest BCUT2D eigenvalue weighted by Crippen LogP contribution is -2.34. The number of carbonyl (C=O) groups excluding carboxylic acids is 1. The minimum absolute atomic E-state index is 0.493. The minimum atomic E-state index is -1.23. The number of nitrogens with one attached hydrogen (secondary N) is 1. The van der Waals surface area contributed by atoms with Gasteiger partial charge in [-0.1, -0.05) is 19.9 Å². The van der Waals surface area contributed by atoms with Crippen molar-refractivity contribution in [1.82, 2.24) is 4.90 Å². The third-order valence-electron chi connectivity index (χ3n) is 4.49. The van der Waals surface area contributed by atoms with E-state index in [1.54, 1.807) is 30.3 Å². The molecule has 1 N–H and O–H groups in total. The topological polar surface area (TPSA) is 88.4 Å². The molecule has 0 fully saturated rings. The predicted molar refractivity (Wildman–Crippen MR) is 107 cm³/mol. The number of benzene rings is 2. The van der Waals surface area contributed by atoms with Gasteiger partial charge in [-0.2, -0.15) is 5.26 Å². The van der Waals surface area contributed by atoms with Crippen LogP contribution in [0, 0.1) is 11.3 Å². The van der Waals surface area contributed by atoms with Crippen LogP contribution in [0.15, 0.2) is 42.5 Å². The fraction of sp³-hybridized carbons (Fsp3) is 0.364. The van der Waals surface area contributed by atoms with E-state index >= 15 is 0 Å². The zero-order chi connectivity index (χ0) is 20.5. The first-order valence-corrected chi connectivity index (χ1v) is 9.47. The molecular weight excluding hydrogens is 354 g/mol. The molecule has 0 saturated carbocycles. The normalized spacial score (nSPS) is 11.7. The van der Waals surface area contributed by atoms with Gasteiger partial charge in [0.15, 0.2) is 0 Å². The van der Waals surface area contributed by atoms with Gasteiger partial charge in [-0.15, -0.1) is 0 Å². The zero-order valence-corrected chi connectivity index (χ0v) is 16.6. The second-order valence-electron chi connectivity index (χ2n) is 6.39. The van der Waals surface area contributed by atoms with E-state index in [1.165, 1.54) is 0 Å². The second kappa shape index (κ2) is 10.3. The fourth-order valence-corrected chi connectivity index (χ4v) is 2.99. The number of aliphatic carboxylic acids is 1. The molecule has 6 heteroatoms. The van der Waals surface area contributed by atoms with Gasteiger partial charge in [0.25, 0.3) is 0 Å². The van der Waals surface area contributed by atoms with Crippen molar-refractivity contribution in [2.75, 3.05) is 25.0 Å². The Kier molecular flexibility index (Phi) is 7.85. The summed E-state index contributed by atoms with van der Waals surface area (Å²) >= 11 is 0. The Hall–Kier alpha value is -3.04. The van der Waals surface area contributed by atoms with Crippen LogP contribution < -0.4 is 15.2 Å². The number of nitrogens with zero attached hydrogens (tertiary/aromatic N) is 2. The molecule has 0 spiro atoms. The Morgan fingerprint density at radius 2 is 1.86 bits per heavy atom. The second-order valence-corrected chi connectivity index (χ2v) is 6.39. The van der Waals surface area contributed by atoms with Crippen LogP contribution in [0.1, 0.15) is 43.5 Å². The van der Waals surface area contributed by atoms with Gasteiger partial charge in [0.05, 0.1) is 30.3 Å². The molecule has 0 saturated heterocycles. The van der Waals surface area contributed by atoms with Crippen molar-refractivity contribution in [1.29, 1.82) is 5.26 Å². The molecule has 1 unspecified atom stereocenters. The number of ether oxygens (including phenoxy) is 1. The van der Waals surface area contributed by atoms with Gasteiger partial charge in [-0.3, -0.25) is 4.90 Å². The van der Waals surface area contributed by atoms with Gasteiger partial charge in [0.2, 0.25) is 0 Å². The molecule has 148 valence electrons. The lowest BCUT2D eigenvalue weighted by atomic mass is 10.0. The molecule has 0 aromatic heterocycles. The van der Waals surface area contributed by atoms with Gasteiger partial charge in [-0.25, -0.2) is 0 Å². The molecule has 0 radical (unpaired) electrons. The molecular formula is C22H26N3O3-. The lowest BCUT2D eigenvalue weighted by Gasteiger charge is -2.24. The van der Waals surface area contributed by atoms with Crippen molar-refractivity contribution in [2.45, 2.75) is 33.4 Å². The van der Waals surface area contributed by atoms with E-state index in [0.29, 0.717) is 35.7 Å². The summed E-state index contributed by atoms with van der Waals surface area (Å²) < 4.78 is 5.65. The number of rotatable bonds is 10. The Bertz CT molecular complexity index is 824. The Labute approximate surface area is 166 Å². The van der Waals surface area contributed by atoms with Crippen LogP contribution in [0.4, 0.5) is 5.69 Å². The fourth-order valence-electron chi connectivity index (χ4n) is 2.99. The van der Waals surface area contributed by atoms with Crippen LogP contribution in [0.3, 0.4) is 0 Å². The summed E-state index contributed by atoms with van der Waals surface area (Å²) in [5, 5.41) is 23.8. The van der Waals surface area contributed by atoms with Crippen molar-refractivity contribution in [2.24, 2.45) is 0 Å². The molecule has 0 amide bonds. The number of nitriles is 1. The standard InChI is InChI=1S/C22H27N3O3/c1-4-25(5-2)15-17-11-18(13-20(12-17)28-6-3)21(22(26)27)24-19-9-7-16(14-23)8-10-19/h7-13,21,24H,4-6,15H2,1-3H3,(H,26,27)/p-1. The molecule has 6 nitrogen and oxygen atoms in total. The number of carbonyl (C=O) groups is 1. The molecule has 0 bridgehead atoms. The number of carboxylic acid groups (broad SMARTS) is 1. The summed E-state index contributed by atoms with van der Waals surface area (Å²) in [5.74, 6) is -0.596. The summed E-state index contributed by atoms with van der Waals surface area (Å²) in [6.45, 7) is 9.07. The number of carboxylic acids is 1. The maximum Gasteiger partial charge on any atom is 0.119 e. The average Bonchev–Trinajstić information content (AvgIpc) is 2.70. The third-order valence-corrected chi connectivity index (χ3v) is 4.49.